The highest BCUT2D eigenvalue weighted by Crippen LogP contribution is 2.83. The van der Waals surface area contributed by atoms with Gasteiger partial charge in [0.2, 0.25) is 5.79 Å². The number of carboxylic acid groups (broad SMARTS) is 1. The zero-order valence-corrected chi connectivity index (χ0v) is 18.2. The standard InChI is InChI=1S/C22H24O9S/c1-8-5-18-6-19(8,27)4-3-9(18)21-11(10(18)14(23)24)17(2,15(25)30-21)22(29)12-13(21)32-7-20(12,28)16(26)31-22/h9-13,27-29H,1,3-7H2,2H3,(H,23,24)/t9-,10-,11-,12-,13-,17-,18+,19+,20-,21-,22+/m1/s1. The van der Waals surface area contributed by atoms with E-state index >= 15 is 0 Å². The van der Waals surface area contributed by atoms with Crippen LogP contribution in [0.5, 0.6) is 0 Å². The van der Waals surface area contributed by atoms with E-state index in [4.69, 9.17) is 9.47 Å². The number of hydrogen-bond acceptors (Lipinski definition) is 9. The molecule has 4 bridgehead atoms. The molecule has 4 aliphatic carbocycles. The van der Waals surface area contributed by atoms with Crippen LogP contribution in [0.1, 0.15) is 32.6 Å². The van der Waals surface area contributed by atoms with Crippen LogP contribution in [-0.2, 0) is 23.9 Å². The number of carboxylic acids is 1. The molecular formula is C22H24O9S. The minimum absolute atomic E-state index is 0.0281. The summed E-state index contributed by atoms with van der Waals surface area (Å²) in [5.74, 6) is -8.94. The van der Waals surface area contributed by atoms with E-state index in [9.17, 15) is 34.8 Å². The molecule has 3 heterocycles. The normalized spacial score (nSPS) is 63.0. The molecule has 10 heteroatoms. The fraction of sp³-hybridized carbons (Fsp3) is 0.773. The summed E-state index contributed by atoms with van der Waals surface area (Å²) in [7, 11) is 0. The van der Waals surface area contributed by atoms with E-state index in [1.54, 1.807) is 0 Å². The second-order valence-corrected chi connectivity index (χ2v) is 12.4. The van der Waals surface area contributed by atoms with Gasteiger partial charge in [-0.15, -0.1) is 0 Å². The number of aliphatic carboxylic acids is 1. The maximum atomic E-state index is 13.5. The van der Waals surface area contributed by atoms with Crippen LogP contribution in [0.3, 0.4) is 0 Å². The summed E-state index contributed by atoms with van der Waals surface area (Å²) in [4.78, 5) is 39.1. The Morgan fingerprint density at radius 1 is 1.16 bits per heavy atom. The number of ether oxygens (including phenoxy) is 2. The maximum absolute atomic E-state index is 13.5. The van der Waals surface area contributed by atoms with Crippen molar-refractivity contribution in [3.05, 3.63) is 12.2 Å². The lowest BCUT2D eigenvalue weighted by molar-refractivity contribution is -0.281. The van der Waals surface area contributed by atoms with Gasteiger partial charge in [0.1, 0.15) is 11.0 Å². The molecule has 172 valence electrons. The largest absolute Gasteiger partial charge is 0.481 e. The highest BCUT2D eigenvalue weighted by molar-refractivity contribution is 8.00. The third kappa shape index (κ3) is 1.52. The number of thioether (sulfide) groups is 1. The molecule has 7 fully saturated rings. The molecule has 9 nitrogen and oxygen atoms in total. The van der Waals surface area contributed by atoms with Crippen molar-refractivity contribution in [3.63, 3.8) is 0 Å². The molecule has 0 unspecified atom stereocenters. The van der Waals surface area contributed by atoms with E-state index < -0.39 is 80.2 Å². The number of rotatable bonds is 1. The topological polar surface area (TPSA) is 151 Å². The fourth-order valence-corrected chi connectivity index (χ4v) is 11.3. The van der Waals surface area contributed by atoms with E-state index in [1.165, 1.54) is 18.7 Å². The molecule has 7 rings (SSSR count). The van der Waals surface area contributed by atoms with Crippen molar-refractivity contribution in [2.75, 3.05) is 5.75 Å². The number of carbonyl (C=O) groups is 3. The van der Waals surface area contributed by atoms with Crippen LogP contribution in [0.2, 0.25) is 0 Å². The molecule has 4 N–H and O–H groups in total. The van der Waals surface area contributed by atoms with Gasteiger partial charge in [0.05, 0.1) is 22.7 Å². The second kappa shape index (κ2) is 4.92. The van der Waals surface area contributed by atoms with Gasteiger partial charge >= 0.3 is 17.9 Å². The molecule has 0 amide bonds. The van der Waals surface area contributed by atoms with Gasteiger partial charge in [-0.3, -0.25) is 9.59 Å². The third-order valence-corrected chi connectivity index (χ3v) is 12.0. The maximum Gasteiger partial charge on any atom is 0.342 e. The van der Waals surface area contributed by atoms with Gasteiger partial charge in [0.15, 0.2) is 5.60 Å². The molecular weight excluding hydrogens is 440 g/mol. The van der Waals surface area contributed by atoms with Crippen molar-refractivity contribution in [1.29, 1.82) is 0 Å². The summed E-state index contributed by atoms with van der Waals surface area (Å²) >= 11 is 1.24. The van der Waals surface area contributed by atoms with Gasteiger partial charge in [-0.05, 0) is 43.6 Å². The van der Waals surface area contributed by atoms with E-state index in [1.807, 2.05) is 0 Å². The minimum Gasteiger partial charge on any atom is -0.481 e. The fourth-order valence-electron chi connectivity index (χ4n) is 9.38. The predicted octanol–water partition coefficient (Wildman–Crippen LogP) is -0.182. The first-order valence-corrected chi connectivity index (χ1v) is 12.0. The van der Waals surface area contributed by atoms with Crippen molar-refractivity contribution >= 4 is 29.7 Å². The summed E-state index contributed by atoms with van der Waals surface area (Å²) in [5.41, 5.74) is -6.60. The molecule has 3 saturated heterocycles. The average Bonchev–Trinajstić information content (AvgIpc) is 3.35. The van der Waals surface area contributed by atoms with Crippen molar-refractivity contribution in [1.82, 2.24) is 0 Å². The van der Waals surface area contributed by atoms with Crippen LogP contribution in [0.4, 0.5) is 0 Å². The Balaban J connectivity index is 1.55. The highest BCUT2D eigenvalue weighted by Gasteiger charge is 2.95. The minimum atomic E-state index is -2.38. The lowest BCUT2D eigenvalue weighted by Gasteiger charge is -2.53. The molecule has 7 aliphatic rings. The molecule has 0 radical (unpaired) electrons. The first-order chi connectivity index (χ1) is 14.8. The van der Waals surface area contributed by atoms with E-state index in [2.05, 4.69) is 6.58 Å². The molecule has 11 atom stereocenters. The van der Waals surface area contributed by atoms with Gasteiger partial charge in [0, 0.05) is 17.6 Å². The van der Waals surface area contributed by atoms with Crippen molar-refractivity contribution in [2.24, 2.45) is 34.5 Å². The summed E-state index contributed by atoms with van der Waals surface area (Å²) in [5, 5.41) is 44.1. The second-order valence-electron chi connectivity index (χ2n) is 11.3. The Kier molecular flexibility index (Phi) is 3.04. The SMILES string of the molecule is C=C1C[C@]23C[C@@]1(O)CC[C@H]2[C@@]12OC(=O)[C@@](C)([C@H]1[C@@H]3C(=O)O)[C@@]1(O)OC(=O)[C@@]3(O)CS[C@@H]2[C@@H]13. The summed E-state index contributed by atoms with van der Waals surface area (Å²) in [6, 6.07) is 0. The van der Waals surface area contributed by atoms with Crippen molar-refractivity contribution < 1.29 is 44.3 Å². The Bertz CT molecular complexity index is 1080. The molecule has 32 heavy (non-hydrogen) atoms. The molecule has 3 aliphatic heterocycles. The number of aliphatic hydroxyl groups is 3. The van der Waals surface area contributed by atoms with Crippen LogP contribution < -0.4 is 0 Å². The number of hydrogen-bond donors (Lipinski definition) is 4. The summed E-state index contributed by atoms with van der Waals surface area (Å²) in [6.45, 7) is 5.47. The van der Waals surface area contributed by atoms with Gasteiger partial charge in [-0.25, -0.2) is 4.79 Å². The monoisotopic (exact) mass is 464 g/mol. The molecule has 0 aromatic rings. The number of carbonyl (C=O) groups excluding carboxylic acids is 2. The summed E-state index contributed by atoms with van der Waals surface area (Å²) < 4.78 is 11.6. The molecule has 4 saturated carbocycles. The Morgan fingerprint density at radius 2 is 1.88 bits per heavy atom. The number of esters is 2. The van der Waals surface area contributed by atoms with Gasteiger partial charge < -0.3 is 29.9 Å². The van der Waals surface area contributed by atoms with Crippen LogP contribution in [0.25, 0.3) is 0 Å². The Morgan fingerprint density at radius 3 is 2.56 bits per heavy atom. The molecule has 0 aromatic heterocycles. The Hall–Kier alpha value is -1.62. The van der Waals surface area contributed by atoms with Crippen molar-refractivity contribution in [2.45, 2.75) is 60.4 Å². The van der Waals surface area contributed by atoms with E-state index in [0.29, 0.717) is 24.8 Å². The van der Waals surface area contributed by atoms with Crippen LogP contribution in [0, 0.1) is 34.5 Å². The van der Waals surface area contributed by atoms with Gasteiger partial charge in [-0.2, -0.15) is 11.8 Å². The predicted molar refractivity (Wildman–Crippen MR) is 106 cm³/mol. The molecule has 0 aromatic carbocycles. The first-order valence-electron chi connectivity index (χ1n) is 11.0. The average molecular weight is 464 g/mol. The van der Waals surface area contributed by atoms with Gasteiger partial charge in [0.25, 0.3) is 0 Å². The molecule has 1 spiro atoms. The van der Waals surface area contributed by atoms with Gasteiger partial charge in [-0.1, -0.05) is 6.58 Å². The Labute approximate surface area is 187 Å². The lowest BCUT2D eigenvalue weighted by atomic mass is 9.52. The quantitative estimate of drug-likeness (QED) is 0.304. The zero-order chi connectivity index (χ0) is 22.9. The van der Waals surface area contributed by atoms with E-state index in [0.717, 1.165) is 0 Å². The smallest absolute Gasteiger partial charge is 0.342 e. The van der Waals surface area contributed by atoms with E-state index in [-0.39, 0.29) is 12.2 Å². The third-order valence-electron chi connectivity index (χ3n) is 10.4. The first kappa shape index (κ1) is 19.8. The highest BCUT2D eigenvalue weighted by atomic mass is 32.2. The number of fused-ring (bicyclic) bond motifs is 2. The summed E-state index contributed by atoms with van der Waals surface area (Å²) in [6.07, 6.45) is 1.30. The zero-order valence-electron chi connectivity index (χ0n) is 17.4. The van der Waals surface area contributed by atoms with Crippen LogP contribution in [-0.4, -0.2) is 71.9 Å². The van der Waals surface area contributed by atoms with Crippen LogP contribution in [0.15, 0.2) is 12.2 Å². The van der Waals surface area contributed by atoms with Crippen molar-refractivity contribution in [3.8, 4) is 0 Å². The lowest BCUT2D eigenvalue weighted by Crippen LogP contribution is -2.69. The van der Waals surface area contributed by atoms with Crippen LogP contribution >= 0.6 is 11.8 Å².